The molecule has 28 heavy (non-hydrogen) atoms. The highest BCUT2D eigenvalue weighted by Gasteiger charge is 2.36. The van der Waals surface area contributed by atoms with Crippen LogP contribution in [-0.2, 0) is 9.47 Å². The quantitative estimate of drug-likeness (QED) is 0.509. The van der Waals surface area contributed by atoms with E-state index >= 15 is 0 Å². The maximum atomic E-state index is 13.3. The van der Waals surface area contributed by atoms with Crippen molar-refractivity contribution in [2.45, 2.75) is 103 Å². The predicted molar refractivity (Wildman–Crippen MR) is 112 cm³/mol. The molecule has 3 fully saturated rings. The largest absolute Gasteiger partial charge is 0.443 e. The first-order chi connectivity index (χ1) is 13.4. The van der Waals surface area contributed by atoms with Gasteiger partial charge in [-0.3, -0.25) is 0 Å². The fourth-order valence-electron chi connectivity index (χ4n) is 4.48. The third kappa shape index (κ3) is 6.10. The first-order valence-electron chi connectivity index (χ1n) is 11.4. The highest BCUT2D eigenvalue weighted by atomic mass is 16.6. The average molecular weight is 394 g/mol. The Morgan fingerprint density at radius 3 is 2.11 bits per heavy atom. The number of amides is 1. The number of ether oxygens (including phenoxy) is 2. The van der Waals surface area contributed by atoms with E-state index in [0.717, 1.165) is 44.7 Å². The third-order valence-corrected chi connectivity index (χ3v) is 5.91. The average Bonchev–Trinajstić information content (AvgIpc) is 2.68. The minimum absolute atomic E-state index is 0.189. The predicted octanol–water partition coefficient (Wildman–Crippen LogP) is 4.58. The van der Waals surface area contributed by atoms with Gasteiger partial charge < -0.3 is 14.4 Å². The SMILES string of the molecule is CC(C)(C)OC(=O)N(C(=NC1CCCCC1)N1CCOCC1)C1CCCCC1. The second-order valence-electron chi connectivity index (χ2n) is 9.46. The number of guanidine groups is 1. The van der Waals surface area contributed by atoms with Gasteiger partial charge in [0.15, 0.2) is 0 Å². The summed E-state index contributed by atoms with van der Waals surface area (Å²) in [6.07, 6.45) is 11.5. The van der Waals surface area contributed by atoms with E-state index in [4.69, 9.17) is 14.5 Å². The molecule has 0 aromatic heterocycles. The van der Waals surface area contributed by atoms with E-state index in [1.807, 2.05) is 25.7 Å². The molecule has 2 aliphatic carbocycles. The molecule has 3 aliphatic rings. The van der Waals surface area contributed by atoms with Crippen molar-refractivity contribution in [3.8, 4) is 0 Å². The minimum Gasteiger partial charge on any atom is -0.443 e. The molecular formula is C22H39N3O3. The maximum absolute atomic E-state index is 13.3. The monoisotopic (exact) mass is 393 g/mol. The Morgan fingerprint density at radius 1 is 0.964 bits per heavy atom. The minimum atomic E-state index is -0.509. The van der Waals surface area contributed by atoms with Gasteiger partial charge in [0.1, 0.15) is 5.60 Å². The Morgan fingerprint density at radius 2 is 1.54 bits per heavy atom. The van der Waals surface area contributed by atoms with Crippen LogP contribution in [0.2, 0.25) is 0 Å². The molecule has 0 N–H and O–H groups in total. The van der Waals surface area contributed by atoms with Gasteiger partial charge in [0.2, 0.25) is 5.96 Å². The van der Waals surface area contributed by atoms with E-state index in [-0.39, 0.29) is 12.1 Å². The molecule has 1 amide bonds. The van der Waals surface area contributed by atoms with Crippen LogP contribution in [-0.4, -0.2) is 65.8 Å². The van der Waals surface area contributed by atoms with Crippen molar-refractivity contribution in [1.82, 2.24) is 9.80 Å². The number of aliphatic imine (C=N–C) groups is 1. The molecule has 6 heteroatoms. The Kier molecular flexibility index (Phi) is 7.61. The number of carbonyl (C=O) groups excluding carboxylic acids is 1. The molecule has 160 valence electrons. The summed E-state index contributed by atoms with van der Waals surface area (Å²) in [5, 5.41) is 0. The Labute approximate surface area is 170 Å². The van der Waals surface area contributed by atoms with E-state index in [9.17, 15) is 4.79 Å². The first kappa shape index (κ1) is 21.4. The van der Waals surface area contributed by atoms with Crippen LogP contribution in [0, 0.1) is 0 Å². The molecule has 6 nitrogen and oxygen atoms in total. The molecule has 0 spiro atoms. The van der Waals surface area contributed by atoms with Crippen molar-refractivity contribution < 1.29 is 14.3 Å². The molecule has 0 aromatic rings. The van der Waals surface area contributed by atoms with Crippen molar-refractivity contribution >= 4 is 12.1 Å². The lowest BCUT2D eigenvalue weighted by molar-refractivity contribution is 0.0202. The number of hydrogen-bond acceptors (Lipinski definition) is 4. The number of nitrogens with zero attached hydrogens (tertiary/aromatic N) is 3. The molecule has 1 heterocycles. The van der Waals surface area contributed by atoms with Gasteiger partial charge in [-0.25, -0.2) is 14.7 Å². The van der Waals surface area contributed by atoms with Crippen LogP contribution in [0.15, 0.2) is 4.99 Å². The summed E-state index contributed by atoms with van der Waals surface area (Å²) in [6.45, 7) is 8.78. The Balaban J connectivity index is 1.90. The van der Waals surface area contributed by atoms with Crippen LogP contribution in [0.25, 0.3) is 0 Å². The topological polar surface area (TPSA) is 54.4 Å². The normalized spacial score (nSPS) is 23.5. The van der Waals surface area contributed by atoms with E-state index in [2.05, 4.69) is 4.90 Å². The number of hydrogen-bond donors (Lipinski definition) is 0. The Bertz CT molecular complexity index is 526. The van der Waals surface area contributed by atoms with Crippen LogP contribution >= 0.6 is 0 Å². The summed E-state index contributed by atoms with van der Waals surface area (Å²) in [7, 11) is 0. The highest BCUT2D eigenvalue weighted by molar-refractivity contribution is 5.95. The van der Waals surface area contributed by atoms with Crippen molar-refractivity contribution in [3.05, 3.63) is 0 Å². The molecule has 3 rings (SSSR count). The third-order valence-electron chi connectivity index (χ3n) is 5.91. The van der Waals surface area contributed by atoms with Gasteiger partial charge in [0.25, 0.3) is 0 Å². The molecule has 0 unspecified atom stereocenters. The molecule has 0 atom stereocenters. The molecule has 1 aliphatic heterocycles. The fourth-order valence-corrected chi connectivity index (χ4v) is 4.48. The van der Waals surface area contributed by atoms with Gasteiger partial charge in [-0.15, -0.1) is 0 Å². The first-order valence-corrected chi connectivity index (χ1v) is 11.4. The van der Waals surface area contributed by atoms with Crippen LogP contribution in [0.5, 0.6) is 0 Å². The fraction of sp³-hybridized carbons (Fsp3) is 0.909. The molecule has 0 radical (unpaired) electrons. The van der Waals surface area contributed by atoms with Crippen molar-refractivity contribution in [3.63, 3.8) is 0 Å². The standard InChI is InChI=1S/C22H39N3O3/c1-22(2,3)28-21(26)25(19-12-8-5-9-13-19)20(24-14-16-27-17-15-24)23-18-10-6-4-7-11-18/h18-19H,4-17H2,1-3H3. The van der Waals surface area contributed by atoms with Crippen molar-refractivity contribution in [1.29, 1.82) is 0 Å². The van der Waals surface area contributed by atoms with Gasteiger partial charge in [0, 0.05) is 19.1 Å². The summed E-state index contributed by atoms with van der Waals surface area (Å²) < 4.78 is 11.4. The summed E-state index contributed by atoms with van der Waals surface area (Å²) in [6, 6.07) is 0.508. The smallest absolute Gasteiger partial charge is 0.417 e. The zero-order valence-corrected chi connectivity index (χ0v) is 18.1. The zero-order valence-electron chi connectivity index (χ0n) is 18.1. The van der Waals surface area contributed by atoms with E-state index in [1.165, 1.54) is 38.5 Å². The number of morpholine rings is 1. The van der Waals surface area contributed by atoms with Gasteiger partial charge >= 0.3 is 6.09 Å². The second kappa shape index (κ2) is 9.95. The van der Waals surface area contributed by atoms with Crippen LogP contribution in [0.3, 0.4) is 0 Å². The van der Waals surface area contributed by atoms with E-state index in [1.54, 1.807) is 0 Å². The maximum Gasteiger partial charge on any atom is 0.417 e. The molecule has 0 aromatic carbocycles. The van der Waals surface area contributed by atoms with E-state index < -0.39 is 5.60 Å². The van der Waals surface area contributed by atoms with Crippen LogP contribution in [0.4, 0.5) is 4.79 Å². The highest BCUT2D eigenvalue weighted by Crippen LogP contribution is 2.28. The molecule has 2 saturated carbocycles. The summed E-state index contributed by atoms with van der Waals surface area (Å²) in [5.41, 5.74) is -0.509. The molecule has 0 bridgehead atoms. The lowest BCUT2D eigenvalue weighted by Crippen LogP contribution is -2.56. The summed E-state index contributed by atoms with van der Waals surface area (Å²) >= 11 is 0. The lowest BCUT2D eigenvalue weighted by Gasteiger charge is -2.41. The van der Waals surface area contributed by atoms with E-state index in [0.29, 0.717) is 19.3 Å². The van der Waals surface area contributed by atoms with Crippen LogP contribution < -0.4 is 0 Å². The van der Waals surface area contributed by atoms with Gasteiger partial charge in [0.05, 0.1) is 19.3 Å². The van der Waals surface area contributed by atoms with Gasteiger partial charge in [-0.2, -0.15) is 0 Å². The summed E-state index contributed by atoms with van der Waals surface area (Å²) in [5.74, 6) is 0.844. The molecular weight excluding hydrogens is 354 g/mol. The lowest BCUT2D eigenvalue weighted by atomic mass is 9.94. The second-order valence-corrected chi connectivity index (χ2v) is 9.46. The molecule has 1 saturated heterocycles. The number of rotatable bonds is 2. The van der Waals surface area contributed by atoms with Gasteiger partial charge in [-0.1, -0.05) is 38.5 Å². The Hall–Kier alpha value is -1.30. The zero-order chi connectivity index (χ0) is 20.0. The number of carbonyl (C=O) groups is 1. The summed E-state index contributed by atoms with van der Waals surface area (Å²) in [4.78, 5) is 22.7. The van der Waals surface area contributed by atoms with Crippen molar-refractivity contribution in [2.24, 2.45) is 4.99 Å². The van der Waals surface area contributed by atoms with Crippen molar-refractivity contribution in [2.75, 3.05) is 26.3 Å². The van der Waals surface area contributed by atoms with Crippen LogP contribution in [0.1, 0.15) is 85.0 Å². The van der Waals surface area contributed by atoms with Gasteiger partial charge in [-0.05, 0) is 46.5 Å².